The molecular formula is C49H61N11O7. The van der Waals surface area contributed by atoms with Crippen LogP contribution in [-0.4, -0.2) is 109 Å². The molecule has 4 atom stereocenters. The number of hydrogen-bond donors (Lipinski definition) is 7. The lowest BCUT2D eigenvalue weighted by atomic mass is 9.93. The van der Waals surface area contributed by atoms with Crippen molar-refractivity contribution < 1.29 is 33.4 Å². The van der Waals surface area contributed by atoms with Gasteiger partial charge in [-0.3, -0.25) is 24.0 Å². The van der Waals surface area contributed by atoms with Gasteiger partial charge < -0.3 is 52.8 Å². The minimum atomic E-state index is -1.40. The van der Waals surface area contributed by atoms with E-state index in [1.807, 2.05) is 18.2 Å². The summed E-state index contributed by atoms with van der Waals surface area (Å²) in [7, 11) is 1.42. The van der Waals surface area contributed by atoms with Gasteiger partial charge in [-0.15, -0.1) is 0 Å². The van der Waals surface area contributed by atoms with Crippen molar-refractivity contribution in [2.24, 2.45) is 23.1 Å². The second kappa shape index (κ2) is 23.5. The van der Waals surface area contributed by atoms with Crippen LogP contribution in [0.15, 0.2) is 66.9 Å². The number of nitriles is 1. The fourth-order valence-corrected chi connectivity index (χ4v) is 8.53. The first-order valence-corrected chi connectivity index (χ1v) is 22.7. The molecule has 5 amide bonds. The maximum atomic E-state index is 14.7. The molecule has 1 saturated carbocycles. The molecule has 2 aliphatic rings. The van der Waals surface area contributed by atoms with Crippen LogP contribution in [0.25, 0.3) is 22.5 Å². The molecule has 18 heteroatoms. The highest BCUT2D eigenvalue weighted by molar-refractivity contribution is 6.00. The van der Waals surface area contributed by atoms with E-state index in [-0.39, 0.29) is 57.8 Å². The summed E-state index contributed by atoms with van der Waals surface area (Å²) >= 11 is 0. The van der Waals surface area contributed by atoms with Gasteiger partial charge in [-0.1, -0.05) is 62.1 Å². The topological polar surface area (TPSA) is 283 Å². The van der Waals surface area contributed by atoms with Crippen LogP contribution in [0.3, 0.4) is 0 Å². The number of benzene rings is 3. The van der Waals surface area contributed by atoms with Crippen molar-refractivity contribution in [1.29, 1.82) is 5.26 Å². The van der Waals surface area contributed by atoms with Gasteiger partial charge in [0.05, 0.1) is 17.3 Å². The maximum absolute atomic E-state index is 14.7. The summed E-state index contributed by atoms with van der Waals surface area (Å²) in [5.74, 6) is -1.38. The predicted octanol–water partition coefficient (Wildman–Crippen LogP) is 2.36. The zero-order chi connectivity index (χ0) is 48.0. The summed E-state index contributed by atoms with van der Waals surface area (Å²) in [6, 6.07) is 15.2. The number of hydrogen-bond acceptors (Lipinski definition) is 13. The Labute approximate surface area is 390 Å². The Bertz CT molecular complexity index is 2450. The van der Waals surface area contributed by atoms with E-state index in [1.54, 1.807) is 43.3 Å². The van der Waals surface area contributed by atoms with E-state index in [2.05, 4.69) is 43.4 Å². The van der Waals surface area contributed by atoms with E-state index in [1.165, 1.54) is 56.3 Å². The van der Waals surface area contributed by atoms with Crippen LogP contribution in [0.4, 0.5) is 0 Å². The highest BCUT2D eigenvalue weighted by atomic mass is 16.5. The number of fused-ring (bicyclic) bond motifs is 5. The van der Waals surface area contributed by atoms with Crippen LogP contribution in [0.2, 0.25) is 0 Å². The van der Waals surface area contributed by atoms with Crippen molar-refractivity contribution in [1.82, 2.24) is 36.1 Å². The molecule has 0 spiro atoms. The van der Waals surface area contributed by atoms with Gasteiger partial charge in [-0.25, -0.2) is 9.97 Å². The molecule has 3 aromatic carbocycles. The number of likely N-dealkylation sites (N-methyl/N-ethyl adjacent to an activating group) is 1. The lowest BCUT2D eigenvalue weighted by Gasteiger charge is -2.32. The van der Waals surface area contributed by atoms with Crippen molar-refractivity contribution in [3.63, 3.8) is 0 Å². The van der Waals surface area contributed by atoms with Crippen LogP contribution in [0.5, 0.6) is 11.5 Å². The second-order valence-corrected chi connectivity index (χ2v) is 16.9. The van der Waals surface area contributed by atoms with Crippen LogP contribution in [0, 0.1) is 24.2 Å². The summed E-state index contributed by atoms with van der Waals surface area (Å²) in [4.78, 5) is 80.6. The van der Waals surface area contributed by atoms with Crippen molar-refractivity contribution in [2.75, 3.05) is 46.4 Å². The minimum Gasteiger partial charge on any atom is -0.492 e. The minimum absolute atomic E-state index is 0.00450. The molecule has 0 radical (unpaired) electrons. The molecule has 1 unspecified atom stereocenters. The average Bonchev–Trinajstić information content (AvgIpc) is 3.84. The first kappa shape index (κ1) is 49.5. The van der Waals surface area contributed by atoms with Crippen molar-refractivity contribution in [3.05, 3.63) is 94.8 Å². The number of ether oxygens (including phenoxy) is 2. The SMILES string of the molecule is Cc1nc(-c2ccc(CC3CCCC3)cc2)ncc1C(=O)NC(CCN)C(=O)N(C)[C@@H]1C(=O)N[C@@H](C)C(=O)N[C@H](C(=O)NCC#N)Cc2ccc(OCCN)c(c2)-c2cc1ccc2OCCN. The molecule has 1 aliphatic carbocycles. The van der Waals surface area contributed by atoms with Crippen LogP contribution >= 0.6 is 0 Å². The smallest absolute Gasteiger partial charge is 0.255 e. The van der Waals surface area contributed by atoms with Crippen molar-refractivity contribution >= 4 is 29.5 Å². The molecule has 18 nitrogen and oxygen atoms in total. The number of rotatable bonds is 17. The highest BCUT2D eigenvalue weighted by Gasteiger charge is 2.36. The quantitative estimate of drug-likeness (QED) is 0.0751. The third kappa shape index (κ3) is 12.5. The largest absolute Gasteiger partial charge is 0.492 e. The van der Waals surface area contributed by atoms with Gasteiger partial charge in [0, 0.05) is 49.4 Å². The molecule has 6 rings (SSSR count). The van der Waals surface area contributed by atoms with Gasteiger partial charge in [-0.2, -0.15) is 5.26 Å². The Hall–Kier alpha value is -6.94. The van der Waals surface area contributed by atoms with Gasteiger partial charge in [0.2, 0.25) is 23.6 Å². The normalized spacial score (nSPS) is 17.8. The second-order valence-electron chi connectivity index (χ2n) is 16.9. The molecule has 4 bridgehead atoms. The van der Waals surface area contributed by atoms with E-state index in [9.17, 15) is 29.2 Å². The monoisotopic (exact) mass is 915 g/mol. The number of carbonyl (C=O) groups excluding carboxylic acids is 5. The summed E-state index contributed by atoms with van der Waals surface area (Å²) in [6.45, 7) is 3.52. The lowest BCUT2D eigenvalue weighted by molar-refractivity contribution is -0.141. The molecule has 0 saturated heterocycles. The first-order valence-electron chi connectivity index (χ1n) is 22.7. The number of nitrogens with two attached hydrogens (primary N) is 3. The number of nitrogens with zero attached hydrogens (tertiary/aromatic N) is 4. The summed E-state index contributed by atoms with van der Waals surface area (Å²) in [5, 5.41) is 19.9. The molecule has 1 aliphatic heterocycles. The Balaban J connectivity index is 1.34. The van der Waals surface area contributed by atoms with Crippen molar-refractivity contribution in [2.45, 2.75) is 83.0 Å². The molecule has 1 aromatic heterocycles. The Morgan fingerprint density at radius 3 is 2.22 bits per heavy atom. The van der Waals surface area contributed by atoms with Crippen LogP contribution < -0.4 is 47.9 Å². The molecule has 10 N–H and O–H groups in total. The molecule has 1 fully saturated rings. The van der Waals surface area contributed by atoms with E-state index in [0.717, 1.165) is 12.0 Å². The van der Waals surface area contributed by atoms with Crippen molar-refractivity contribution in [3.8, 4) is 40.1 Å². The van der Waals surface area contributed by atoms with Crippen LogP contribution in [-0.2, 0) is 32.0 Å². The Kier molecular flexibility index (Phi) is 17.4. The fourth-order valence-electron chi connectivity index (χ4n) is 8.53. The van der Waals surface area contributed by atoms with E-state index in [4.69, 9.17) is 26.7 Å². The zero-order valence-corrected chi connectivity index (χ0v) is 38.3. The van der Waals surface area contributed by atoms with Gasteiger partial charge in [-0.05, 0) is 80.1 Å². The van der Waals surface area contributed by atoms with Gasteiger partial charge in [0.25, 0.3) is 5.91 Å². The van der Waals surface area contributed by atoms with E-state index < -0.39 is 53.7 Å². The zero-order valence-electron chi connectivity index (χ0n) is 38.3. The summed E-state index contributed by atoms with van der Waals surface area (Å²) in [6.07, 6.45) is 7.58. The number of aromatic nitrogens is 2. The van der Waals surface area contributed by atoms with E-state index in [0.29, 0.717) is 51.2 Å². The summed E-state index contributed by atoms with van der Waals surface area (Å²) in [5.41, 5.74) is 22.2. The van der Waals surface area contributed by atoms with E-state index >= 15 is 0 Å². The number of nitrogens with one attached hydrogen (secondary N) is 4. The third-order valence-corrected chi connectivity index (χ3v) is 12.0. The number of carbonyl (C=O) groups is 5. The fraction of sp³-hybridized carbons (Fsp3) is 0.429. The number of amides is 5. The molecule has 4 aromatic rings. The molecular weight excluding hydrogens is 855 g/mol. The predicted molar refractivity (Wildman–Crippen MR) is 251 cm³/mol. The maximum Gasteiger partial charge on any atom is 0.255 e. The first-order chi connectivity index (χ1) is 32.3. The highest BCUT2D eigenvalue weighted by Crippen LogP contribution is 2.40. The molecule has 67 heavy (non-hydrogen) atoms. The molecule has 2 heterocycles. The van der Waals surface area contributed by atoms with Gasteiger partial charge >= 0.3 is 0 Å². The average molecular weight is 916 g/mol. The Morgan fingerprint density at radius 1 is 0.910 bits per heavy atom. The third-order valence-electron chi connectivity index (χ3n) is 12.0. The standard InChI is InChI=1S/C49H61N11O7/c1-29-38(28-55-44(56-29)34-11-8-32(9-12-34)24-31-6-4-5-7-31)46(62)58-39(16-17-50)49(65)60(3)43-35-13-15-42(67-23-20-53)37(27-35)36-25-33(10-14-41(36)66-22-19-52)26-40(47(63)54-21-18-51)59-45(61)30(2)57-48(43)64/h8-15,25,27-28,30-31,39-40,43H,4-7,16-17,19-24,26,50,52-53H2,1-3H3,(H,54,63)(H,57,64)(H,58,62)(H,59,61)/t30-,39?,40-,43-/m0/s1. The van der Waals surface area contributed by atoms with Gasteiger partial charge in [0.15, 0.2) is 5.82 Å². The summed E-state index contributed by atoms with van der Waals surface area (Å²) < 4.78 is 12.2. The lowest BCUT2D eigenvalue weighted by Crippen LogP contribution is -2.56. The number of aryl methyl sites for hydroxylation is 1. The van der Waals surface area contributed by atoms with Crippen LogP contribution in [0.1, 0.15) is 77.8 Å². The van der Waals surface area contributed by atoms with Gasteiger partial charge in [0.1, 0.15) is 55.4 Å². The Morgan fingerprint density at radius 2 is 1.58 bits per heavy atom. The molecule has 354 valence electrons.